The van der Waals surface area contributed by atoms with Gasteiger partial charge < -0.3 is 10.4 Å². The Bertz CT molecular complexity index is 1300. The quantitative estimate of drug-likeness (QED) is 0.320. The molecule has 0 saturated heterocycles. The second-order valence-electron chi connectivity index (χ2n) is 7.77. The van der Waals surface area contributed by atoms with Crippen molar-refractivity contribution in [3.8, 4) is 11.4 Å². The molecule has 1 amide bonds. The molecule has 1 aromatic heterocycles. The molecule has 3 N–H and O–H groups in total. The van der Waals surface area contributed by atoms with E-state index in [4.69, 9.17) is 23.8 Å². The fourth-order valence-corrected chi connectivity index (χ4v) is 3.91. The van der Waals surface area contributed by atoms with Crippen molar-refractivity contribution in [1.82, 2.24) is 20.1 Å². The zero-order valence-corrected chi connectivity index (χ0v) is 19.5. The van der Waals surface area contributed by atoms with Gasteiger partial charge in [-0.15, -0.1) is 0 Å². The van der Waals surface area contributed by atoms with Crippen LogP contribution in [0.15, 0.2) is 78.9 Å². The molecule has 0 spiro atoms. The summed E-state index contributed by atoms with van der Waals surface area (Å²) in [6.45, 7) is 2.30. The lowest BCUT2D eigenvalue weighted by molar-refractivity contribution is 0.0852. The summed E-state index contributed by atoms with van der Waals surface area (Å²) in [6.07, 6.45) is -0.794. The molecule has 0 aliphatic heterocycles. The Morgan fingerprint density at radius 1 is 1.12 bits per heavy atom. The molecule has 4 rings (SSSR count). The lowest BCUT2D eigenvalue weighted by Gasteiger charge is -2.20. The van der Waals surface area contributed by atoms with Crippen LogP contribution in [0.25, 0.3) is 11.4 Å². The van der Waals surface area contributed by atoms with Crippen molar-refractivity contribution in [1.29, 1.82) is 0 Å². The molecule has 33 heavy (non-hydrogen) atoms. The Hall–Kier alpha value is -3.26. The van der Waals surface area contributed by atoms with E-state index < -0.39 is 12.1 Å². The van der Waals surface area contributed by atoms with E-state index in [1.54, 1.807) is 23.7 Å². The summed E-state index contributed by atoms with van der Waals surface area (Å²) in [4.78, 5) is 17.1. The number of aromatic nitrogens is 3. The van der Waals surface area contributed by atoms with Crippen molar-refractivity contribution in [2.45, 2.75) is 25.6 Å². The summed E-state index contributed by atoms with van der Waals surface area (Å²) in [6, 6.07) is 23.4. The first-order valence-electron chi connectivity index (χ1n) is 10.5. The number of aliphatic hydroxyl groups is 1. The standard InChI is InChI=1S/C25H23ClN4O2S/c1-16(22(31)18-7-3-2-4-8-18)27-24(32)20-12-10-19(11-13-20)23-28-25(33)30(29-23)15-17-6-5-9-21(26)14-17/h2-14,16,22,31H,15H2,1H3,(H,27,32)(H,28,29,33)/t16?,22-/m0/s1. The number of nitrogens with zero attached hydrogens (tertiary/aromatic N) is 2. The maximum atomic E-state index is 12.7. The number of carbonyl (C=O) groups is 1. The van der Waals surface area contributed by atoms with Crippen molar-refractivity contribution < 1.29 is 9.90 Å². The number of benzene rings is 3. The van der Waals surface area contributed by atoms with Crippen molar-refractivity contribution in [2.24, 2.45) is 0 Å². The molecule has 168 valence electrons. The Balaban J connectivity index is 1.44. The minimum absolute atomic E-state index is 0.261. The molecule has 8 heteroatoms. The average Bonchev–Trinajstić information content (AvgIpc) is 3.19. The molecule has 0 aliphatic rings. The van der Waals surface area contributed by atoms with Crippen LogP contribution in [0.4, 0.5) is 0 Å². The van der Waals surface area contributed by atoms with Gasteiger partial charge in [0.05, 0.1) is 18.7 Å². The fourth-order valence-electron chi connectivity index (χ4n) is 3.50. The number of halogens is 1. The number of aliphatic hydroxyl groups excluding tert-OH is 1. The minimum atomic E-state index is -0.794. The second kappa shape index (κ2) is 10.1. The Morgan fingerprint density at radius 3 is 2.55 bits per heavy atom. The summed E-state index contributed by atoms with van der Waals surface area (Å²) < 4.78 is 2.19. The summed E-state index contributed by atoms with van der Waals surface area (Å²) >= 11 is 11.4. The topological polar surface area (TPSA) is 82.9 Å². The maximum Gasteiger partial charge on any atom is 0.251 e. The molecule has 3 aromatic carbocycles. The molecule has 0 aliphatic carbocycles. The molecular weight excluding hydrogens is 456 g/mol. The molecule has 0 bridgehead atoms. The number of amides is 1. The van der Waals surface area contributed by atoms with Crippen LogP contribution in [0.5, 0.6) is 0 Å². The van der Waals surface area contributed by atoms with Gasteiger partial charge in [-0.1, -0.05) is 66.2 Å². The summed E-state index contributed by atoms with van der Waals surface area (Å²) in [5.74, 6) is 0.352. The van der Waals surface area contributed by atoms with E-state index in [0.29, 0.717) is 27.7 Å². The highest BCUT2D eigenvalue weighted by Crippen LogP contribution is 2.19. The molecule has 4 aromatic rings. The zero-order valence-electron chi connectivity index (χ0n) is 17.9. The van der Waals surface area contributed by atoms with Crippen LogP contribution in [-0.2, 0) is 6.54 Å². The zero-order chi connectivity index (χ0) is 23.4. The number of nitrogens with one attached hydrogen (secondary N) is 2. The van der Waals surface area contributed by atoms with Crippen molar-refractivity contribution in [2.75, 3.05) is 0 Å². The van der Waals surface area contributed by atoms with Gasteiger partial charge in [-0.3, -0.25) is 14.6 Å². The van der Waals surface area contributed by atoms with Crippen LogP contribution in [-0.4, -0.2) is 31.8 Å². The third kappa shape index (κ3) is 5.57. The average molecular weight is 479 g/mol. The van der Waals surface area contributed by atoms with Gasteiger partial charge in [-0.2, -0.15) is 4.98 Å². The van der Waals surface area contributed by atoms with Crippen molar-refractivity contribution in [3.63, 3.8) is 0 Å². The second-order valence-corrected chi connectivity index (χ2v) is 8.57. The number of rotatable bonds is 7. The first kappa shape index (κ1) is 22.9. The Kier molecular flexibility index (Phi) is 7.03. The van der Waals surface area contributed by atoms with Crippen LogP contribution >= 0.6 is 23.8 Å². The summed E-state index contributed by atoms with van der Waals surface area (Å²) in [7, 11) is 0. The fraction of sp³-hybridized carbons (Fsp3) is 0.160. The number of aromatic amines is 1. The first-order valence-corrected chi connectivity index (χ1v) is 11.2. The van der Waals surface area contributed by atoms with E-state index in [1.165, 1.54) is 0 Å². The predicted molar refractivity (Wildman–Crippen MR) is 132 cm³/mol. The lowest BCUT2D eigenvalue weighted by atomic mass is 10.0. The van der Waals surface area contributed by atoms with Gasteiger partial charge >= 0.3 is 0 Å². The van der Waals surface area contributed by atoms with Crippen LogP contribution in [0, 0.1) is 4.77 Å². The third-order valence-corrected chi connectivity index (χ3v) is 5.85. The molecule has 0 radical (unpaired) electrons. The molecule has 1 heterocycles. The number of hydrogen-bond donors (Lipinski definition) is 3. The van der Waals surface area contributed by atoms with Crippen molar-refractivity contribution in [3.05, 3.63) is 105 Å². The predicted octanol–water partition coefficient (Wildman–Crippen LogP) is 5.16. The largest absolute Gasteiger partial charge is 0.386 e. The van der Waals surface area contributed by atoms with E-state index in [-0.39, 0.29) is 5.91 Å². The molecule has 1 unspecified atom stereocenters. The van der Waals surface area contributed by atoms with Gasteiger partial charge in [0.2, 0.25) is 4.77 Å². The van der Waals surface area contributed by atoms with E-state index in [0.717, 1.165) is 16.7 Å². The van der Waals surface area contributed by atoms with Crippen LogP contribution in [0.3, 0.4) is 0 Å². The SMILES string of the molecule is CC(NC(=O)c1ccc(-c2nc(=S)n(Cc3cccc(Cl)c3)[nH]2)cc1)[C@H](O)c1ccccc1. The molecular formula is C25H23ClN4O2S. The maximum absolute atomic E-state index is 12.7. The number of H-pyrrole nitrogens is 1. The van der Waals surface area contributed by atoms with E-state index in [2.05, 4.69) is 15.4 Å². The van der Waals surface area contributed by atoms with Gasteiger partial charge in [0, 0.05) is 16.1 Å². The van der Waals surface area contributed by atoms with Crippen molar-refractivity contribution >= 4 is 29.7 Å². The van der Waals surface area contributed by atoms with E-state index >= 15 is 0 Å². The van der Waals surface area contributed by atoms with Gasteiger partial charge in [0.15, 0.2) is 5.82 Å². The van der Waals surface area contributed by atoms with Gasteiger partial charge in [0.1, 0.15) is 0 Å². The summed E-state index contributed by atoms with van der Waals surface area (Å²) in [5, 5.41) is 17.2. The third-order valence-electron chi connectivity index (χ3n) is 5.30. The minimum Gasteiger partial charge on any atom is -0.386 e. The van der Waals surface area contributed by atoms with Crippen LogP contribution in [0.1, 0.15) is 34.5 Å². The first-order chi connectivity index (χ1) is 15.9. The highest BCUT2D eigenvalue weighted by Gasteiger charge is 2.19. The van der Waals surface area contributed by atoms with Gasteiger partial charge in [-0.25, -0.2) is 0 Å². The highest BCUT2D eigenvalue weighted by molar-refractivity contribution is 7.71. The normalized spacial score (nSPS) is 12.8. The molecule has 6 nitrogen and oxygen atoms in total. The molecule has 0 fully saturated rings. The van der Waals surface area contributed by atoms with Gasteiger partial charge in [-0.05, 0) is 54.5 Å². The van der Waals surface area contributed by atoms with Gasteiger partial charge in [0.25, 0.3) is 5.91 Å². The summed E-state index contributed by atoms with van der Waals surface area (Å²) in [5.41, 5.74) is 3.06. The van der Waals surface area contributed by atoms with Crippen LogP contribution in [0.2, 0.25) is 5.02 Å². The molecule has 0 saturated carbocycles. The Morgan fingerprint density at radius 2 is 1.85 bits per heavy atom. The Labute approximate surface area is 201 Å². The number of hydrogen-bond acceptors (Lipinski definition) is 4. The number of carbonyl (C=O) groups excluding carboxylic acids is 1. The molecule has 2 atom stereocenters. The monoisotopic (exact) mass is 478 g/mol. The lowest BCUT2D eigenvalue weighted by Crippen LogP contribution is -2.37. The highest BCUT2D eigenvalue weighted by atomic mass is 35.5. The smallest absolute Gasteiger partial charge is 0.251 e. The van der Waals surface area contributed by atoms with E-state index in [9.17, 15) is 9.90 Å². The van der Waals surface area contributed by atoms with E-state index in [1.807, 2.05) is 66.7 Å². The van der Waals surface area contributed by atoms with Crippen LogP contribution < -0.4 is 5.32 Å².